The van der Waals surface area contributed by atoms with E-state index in [4.69, 9.17) is 9.47 Å². The highest BCUT2D eigenvalue weighted by Gasteiger charge is 2.29. The van der Waals surface area contributed by atoms with E-state index in [-0.39, 0.29) is 11.8 Å². The maximum absolute atomic E-state index is 12.6. The van der Waals surface area contributed by atoms with Crippen molar-refractivity contribution in [3.8, 4) is 11.5 Å². The number of aryl methyl sites for hydroxylation is 1. The molecular weight excluding hydrogens is 304 g/mol. The molecule has 1 aromatic heterocycles. The van der Waals surface area contributed by atoms with Gasteiger partial charge >= 0.3 is 0 Å². The van der Waals surface area contributed by atoms with Crippen molar-refractivity contribution in [3.05, 3.63) is 47.8 Å². The number of ketones is 1. The van der Waals surface area contributed by atoms with E-state index in [0.717, 1.165) is 36.6 Å². The van der Waals surface area contributed by atoms with Gasteiger partial charge in [-0.05, 0) is 49.2 Å². The Labute approximate surface area is 141 Å². The lowest BCUT2D eigenvalue weighted by Crippen LogP contribution is -2.30. The van der Waals surface area contributed by atoms with Crippen molar-refractivity contribution in [3.63, 3.8) is 0 Å². The molecule has 0 bridgehead atoms. The Morgan fingerprint density at radius 3 is 2.83 bits per heavy atom. The molecule has 0 saturated carbocycles. The first kappa shape index (κ1) is 15.3. The molecule has 1 atom stereocenters. The van der Waals surface area contributed by atoms with Gasteiger partial charge in [0.25, 0.3) is 0 Å². The molecule has 2 aliphatic rings. The van der Waals surface area contributed by atoms with E-state index in [0.29, 0.717) is 19.8 Å². The Bertz CT molecular complexity index is 753. The largest absolute Gasteiger partial charge is 0.486 e. The van der Waals surface area contributed by atoms with Crippen LogP contribution in [-0.4, -0.2) is 41.6 Å². The number of carbonyl (C=O) groups is 1. The van der Waals surface area contributed by atoms with Gasteiger partial charge in [-0.3, -0.25) is 9.69 Å². The molecule has 5 nitrogen and oxygen atoms in total. The standard InChI is InChI=1S/C19H22N2O3/c1-20-8-2-5-16(20)17(22)13-21-9-3-4-15(21)14-6-7-18-19(12-14)24-11-10-23-18/h2,5-8,12,15H,3-4,9-11,13H2,1H3/t15-/m0/s1. The van der Waals surface area contributed by atoms with Gasteiger partial charge in [-0.15, -0.1) is 0 Å². The van der Waals surface area contributed by atoms with Gasteiger partial charge in [0.15, 0.2) is 17.3 Å². The molecule has 2 aromatic rings. The summed E-state index contributed by atoms with van der Waals surface area (Å²) in [7, 11) is 1.91. The van der Waals surface area contributed by atoms with Crippen LogP contribution in [0.1, 0.15) is 34.9 Å². The second-order valence-corrected chi connectivity index (χ2v) is 6.46. The van der Waals surface area contributed by atoms with E-state index in [2.05, 4.69) is 17.0 Å². The molecule has 0 spiro atoms. The van der Waals surface area contributed by atoms with E-state index in [1.165, 1.54) is 5.56 Å². The summed E-state index contributed by atoms with van der Waals surface area (Å²) in [5.41, 5.74) is 1.97. The van der Waals surface area contributed by atoms with Gasteiger partial charge in [-0.25, -0.2) is 0 Å². The number of rotatable bonds is 4. The first-order chi connectivity index (χ1) is 11.7. The average molecular weight is 326 g/mol. The summed E-state index contributed by atoms with van der Waals surface area (Å²) < 4.78 is 13.2. The highest BCUT2D eigenvalue weighted by molar-refractivity contribution is 5.96. The third-order valence-corrected chi connectivity index (χ3v) is 4.89. The smallest absolute Gasteiger partial charge is 0.193 e. The fourth-order valence-corrected chi connectivity index (χ4v) is 3.68. The van der Waals surface area contributed by atoms with Crippen molar-refractivity contribution in [2.45, 2.75) is 18.9 Å². The van der Waals surface area contributed by atoms with E-state index >= 15 is 0 Å². The number of carbonyl (C=O) groups excluding carboxylic acids is 1. The van der Waals surface area contributed by atoms with Crippen molar-refractivity contribution in [2.24, 2.45) is 7.05 Å². The molecule has 0 aliphatic carbocycles. The Kier molecular flexibility index (Phi) is 4.02. The molecule has 24 heavy (non-hydrogen) atoms. The van der Waals surface area contributed by atoms with Gasteiger partial charge in [0.1, 0.15) is 13.2 Å². The quantitative estimate of drug-likeness (QED) is 0.811. The van der Waals surface area contributed by atoms with Crippen LogP contribution in [0, 0.1) is 0 Å². The first-order valence-corrected chi connectivity index (χ1v) is 8.50. The molecule has 1 saturated heterocycles. The third-order valence-electron chi connectivity index (χ3n) is 4.89. The molecule has 4 rings (SSSR count). The zero-order chi connectivity index (χ0) is 16.5. The molecule has 1 fully saturated rings. The molecule has 0 N–H and O–H groups in total. The van der Waals surface area contributed by atoms with Crippen LogP contribution < -0.4 is 9.47 Å². The molecular formula is C19H22N2O3. The Morgan fingerprint density at radius 2 is 2.04 bits per heavy atom. The zero-order valence-electron chi connectivity index (χ0n) is 13.9. The highest BCUT2D eigenvalue weighted by atomic mass is 16.6. The van der Waals surface area contributed by atoms with Gasteiger partial charge in [0.05, 0.1) is 12.2 Å². The molecule has 2 aliphatic heterocycles. The number of hydrogen-bond donors (Lipinski definition) is 0. The Hall–Kier alpha value is -2.27. The molecule has 3 heterocycles. The van der Waals surface area contributed by atoms with Gasteiger partial charge in [0.2, 0.25) is 0 Å². The molecule has 5 heteroatoms. The van der Waals surface area contributed by atoms with Crippen LogP contribution in [0.25, 0.3) is 0 Å². The van der Waals surface area contributed by atoms with Crippen molar-refractivity contribution in [1.82, 2.24) is 9.47 Å². The lowest BCUT2D eigenvalue weighted by Gasteiger charge is -2.26. The van der Waals surface area contributed by atoms with Crippen LogP contribution in [0.2, 0.25) is 0 Å². The summed E-state index contributed by atoms with van der Waals surface area (Å²) in [6.45, 7) is 2.61. The monoisotopic (exact) mass is 326 g/mol. The number of likely N-dealkylation sites (tertiary alicyclic amines) is 1. The zero-order valence-corrected chi connectivity index (χ0v) is 13.9. The summed E-state index contributed by atoms with van der Waals surface area (Å²) in [6, 6.07) is 10.2. The third kappa shape index (κ3) is 2.80. The maximum Gasteiger partial charge on any atom is 0.193 e. The topological polar surface area (TPSA) is 43.7 Å². The second-order valence-electron chi connectivity index (χ2n) is 6.46. The minimum atomic E-state index is 0.173. The van der Waals surface area contributed by atoms with E-state index in [9.17, 15) is 4.79 Å². The van der Waals surface area contributed by atoms with Gasteiger partial charge < -0.3 is 14.0 Å². The van der Waals surface area contributed by atoms with Gasteiger partial charge in [-0.2, -0.15) is 0 Å². The van der Waals surface area contributed by atoms with E-state index in [1.807, 2.05) is 36.0 Å². The summed E-state index contributed by atoms with van der Waals surface area (Å²) in [5.74, 6) is 1.81. The summed E-state index contributed by atoms with van der Waals surface area (Å²) in [5, 5.41) is 0. The van der Waals surface area contributed by atoms with Crippen molar-refractivity contribution in [1.29, 1.82) is 0 Å². The van der Waals surface area contributed by atoms with Crippen LogP contribution in [-0.2, 0) is 7.05 Å². The number of aromatic nitrogens is 1. The number of Topliss-reactive ketones (excluding diaryl/α,β-unsaturated/α-hetero) is 1. The second kappa shape index (κ2) is 6.32. The molecule has 0 unspecified atom stereocenters. The number of ether oxygens (including phenoxy) is 2. The number of fused-ring (bicyclic) bond motifs is 1. The molecule has 0 radical (unpaired) electrons. The summed E-state index contributed by atoms with van der Waals surface area (Å²) in [4.78, 5) is 14.9. The molecule has 0 amide bonds. The lowest BCUT2D eigenvalue weighted by atomic mass is 10.0. The van der Waals surface area contributed by atoms with Crippen LogP contribution in [0.5, 0.6) is 11.5 Å². The maximum atomic E-state index is 12.6. The normalized spacial score (nSPS) is 20.3. The van der Waals surface area contributed by atoms with Gasteiger partial charge in [0, 0.05) is 19.3 Å². The number of benzene rings is 1. The van der Waals surface area contributed by atoms with Crippen molar-refractivity contribution >= 4 is 5.78 Å². The SMILES string of the molecule is Cn1cccc1C(=O)CN1CCC[C@H]1c1ccc2c(c1)OCCO2. The number of nitrogens with zero attached hydrogens (tertiary/aromatic N) is 2. The molecule has 1 aromatic carbocycles. The molecule has 126 valence electrons. The lowest BCUT2D eigenvalue weighted by molar-refractivity contribution is 0.0913. The van der Waals surface area contributed by atoms with E-state index < -0.39 is 0 Å². The van der Waals surface area contributed by atoms with E-state index in [1.54, 1.807) is 0 Å². The van der Waals surface area contributed by atoms with Crippen molar-refractivity contribution in [2.75, 3.05) is 26.3 Å². The summed E-state index contributed by atoms with van der Waals surface area (Å²) >= 11 is 0. The first-order valence-electron chi connectivity index (χ1n) is 8.50. The highest BCUT2D eigenvalue weighted by Crippen LogP contribution is 2.38. The van der Waals surface area contributed by atoms with Gasteiger partial charge in [-0.1, -0.05) is 6.07 Å². The Balaban J connectivity index is 1.52. The summed E-state index contributed by atoms with van der Waals surface area (Å²) in [6.07, 6.45) is 4.09. The minimum absolute atomic E-state index is 0.173. The Morgan fingerprint density at radius 1 is 1.21 bits per heavy atom. The minimum Gasteiger partial charge on any atom is -0.486 e. The van der Waals surface area contributed by atoms with Crippen LogP contribution in [0.4, 0.5) is 0 Å². The fourth-order valence-electron chi connectivity index (χ4n) is 3.68. The predicted octanol–water partition coefficient (Wildman–Crippen LogP) is 2.82. The predicted molar refractivity (Wildman–Crippen MR) is 90.7 cm³/mol. The fraction of sp³-hybridized carbons (Fsp3) is 0.421. The van der Waals surface area contributed by atoms with Crippen molar-refractivity contribution < 1.29 is 14.3 Å². The van der Waals surface area contributed by atoms with Crippen LogP contribution in [0.15, 0.2) is 36.5 Å². The van der Waals surface area contributed by atoms with Crippen LogP contribution in [0.3, 0.4) is 0 Å². The van der Waals surface area contributed by atoms with Crippen LogP contribution >= 0.6 is 0 Å². The number of hydrogen-bond acceptors (Lipinski definition) is 4. The average Bonchev–Trinajstić information content (AvgIpc) is 3.23.